The number of H-pyrrole nitrogens is 1. The molecule has 1 aliphatic rings. The minimum atomic E-state index is -0.377. The highest BCUT2D eigenvalue weighted by Crippen LogP contribution is 2.40. The van der Waals surface area contributed by atoms with Crippen molar-refractivity contribution in [1.82, 2.24) is 9.97 Å². The normalized spacial score (nSPS) is 14.8. The lowest BCUT2D eigenvalue weighted by Crippen LogP contribution is -2.01. The lowest BCUT2D eigenvalue weighted by molar-refractivity contribution is 0.0600. The summed E-state index contributed by atoms with van der Waals surface area (Å²) in [5.41, 5.74) is 2.05. The molecule has 1 fully saturated rings. The molecule has 0 atom stereocenters. The van der Waals surface area contributed by atoms with E-state index in [1.165, 1.54) is 20.0 Å². The van der Waals surface area contributed by atoms with Crippen molar-refractivity contribution >= 4 is 17.0 Å². The maximum Gasteiger partial charge on any atom is 0.338 e. The number of benzene rings is 1. The number of esters is 1. The van der Waals surface area contributed by atoms with Crippen LogP contribution >= 0.6 is 0 Å². The molecule has 0 aliphatic heterocycles. The topological polar surface area (TPSA) is 64.2 Å². The van der Waals surface area contributed by atoms with Crippen molar-refractivity contribution in [2.24, 2.45) is 0 Å². The third kappa shape index (κ3) is 1.72. The van der Waals surface area contributed by atoms with Gasteiger partial charge in [-0.3, -0.25) is 0 Å². The highest BCUT2D eigenvalue weighted by molar-refractivity contribution is 5.96. The van der Waals surface area contributed by atoms with Crippen LogP contribution in [-0.4, -0.2) is 30.2 Å². The molecule has 3 rings (SSSR count). The van der Waals surface area contributed by atoms with E-state index < -0.39 is 0 Å². The molecule has 0 unspecified atom stereocenters. The van der Waals surface area contributed by atoms with Gasteiger partial charge in [-0.15, -0.1) is 0 Å². The molecule has 1 N–H and O–H groups in total. The number of fused-ring (bicyclic) bond motifs is 1. The van der Waals surface area contributed by atoms with Crippen LogP contribution in [0.4, 0.5) is 0 Å². The number of nitrogens with one attached hydrogen (secondary N) is 1. The zero-order chi connectivity index (χ0) is 12.7. The molecule has 0 bridgehead atoms. The molecule has 1 aromatic heterocycles. The highest BCUT2D eigenvalue weighted by atomic mass is 16.5. The number of aromatic nitrogens is 2. The van der Waals surface area contributed by atoms with Gasteiger partial charge in [0, 0.05) is 5.92 Å². The minimum Gasteiger partial charge on any atom is -0.494 e. The Balaban J connectivity index is 2.15. The van der Waals surface area contributed by atoms with Crippen LogP contribution in [-0.2, 0) is 4.74 Å². The van der Waals surface area contributed by atoms with Gasteiger partial charge in [0.25, 0.3) is 0 Å². The summed E-state index contributed by atoms with van der Waals surface area (Å²) in [7, 11) is 2.93. The monoisotopic (exact) mass is 246 g/mol. The van der Waals surface area contributed by atoms with Crippen LogP contribution in [0.25, 0.3) is 11.0 Å². The van der Waals surface area contributed by atoms with E-state index in [1.54, 1.807) is 19.2 Å². The second kappa shape index (κ2) is 4.01. The standard InChI is InChI=1S/C13H14N2O3/c1-17-10-6-8(13(16)18-2)5-9-11(10)15-12(14-9)7-3-4-7/h5-7H,3-4H2,1-2H3,(H,14,15). The fourth-order valence-electron chi connectivity index (χ4n) is 2.05. The smallest absolute Gasteiger partial charge is 0.338 e. The van der Waals surface area contributed by atoms with E-state index >= 15 is 0 Å². The van der Waals surface area contributed by atoms with Crippen molar-refractivity contribution in [3.05, 3.63) is 23.5 Å². The van der Waals surface area contributed by atoms with Crippen molar-refractivity contribution in [2.45, 2.75) is 18.8 Å². The van der Waals surface area contributed by atoms with Gasteiger partial charge in [-0.2, -0.15) is 0 Å². The quantitative estimate of drug-likeness (QED) is 0.843. The molecule has 1 saturated carbocycles. The van der Waals surface area contributed by atoms with E-state index in [0.717, 1.165) is 16.9 Å². The van der Waals surface area contributed by atoms with E-state index in [9.17, 15) is 4.79 Å². The Labute approximate surface area is 104 Å². The summed E-state index contributed by atoms with van der Waals surface area (Å²) >= 11 is 0. The lowest BCUT2D eigenvalue weighted by Gasteiger charge is -2.03. The molecular weight excluding hydrogens is 232 g/mol. The number of methoxy groups -OCH3 is 2. The van der Waals surface area contributed by atoms with Crippen molar-refractivity contribution in [3.63, 3.8) is 0 Å². The number of rotatable bonds is 3. The van der Waals surface area contributed by atoms with Crippen LogP contribution in [0.2, 0.25) is 0 Å². The van der Waals surface area contributed by atoms with E-state index in [1.807, 2.05) is 0 Å². The van der Waals surface area contributed by atoms with Gasteiger partial charge in [0.2, 0.25) is 0 Å². The minimum absolute atomic E-state index is 0.377. The Morgan fingerprint density at radius 2 is 2.17 bits per heavy atom. The second-order valence-electron chi connectivity index (χ2n) is 4.46. The molecule has 1 aliphatic carbocycles. The predicted molar refractivity (Wildman–Crippen MR) is 66.0 cm³/mol. The first-order valence-corrected chi connectivity index (χ1v) is 5.89. The molecule has 0 radical (unpaired) electrons. The van der Waals surface area contributed by atoms with Gasteiger partial charge in [0.15, 0.2) is 0 Å². The summed E-state index contributed by atoms with van der Waals surface area (Å²) < 4.78 is 10.0. The van der Waals surface area contributed by atoms with E-state index in [-0.39, 0.29) is 5.97 Å². The summed E-state index contributed by atoms with van der Waals surface area (Å²) in [5, 5.41) is 0. The van der Waals surface area contributed by atoms with Crippen LogP contribution in [0.3, 0.4) is 0 Å². The summed E-state index contributed by atoms with van der Waals surface area (Å²) in [6, 6.07) is 3.41. The second-order valence-corrected chi connectivity index (χ2v) is 4.46. The van der Waals surface area contributed by atoms with Gasteiger partial charge in [-0.05, 0) is 25.0 Å². The molecule has 2 aromatic rings. The molecule has 0 saturated heterocycles. The van der Waals surface area contributed by atoms with E-state index in [2.05, 4.69) is 9.97 Å². The zero-order valence-corrected chi connectivity index (χ0v) is 10.3. The lowest BCUT2D eigenvalue weighted by atomic mass is 10.2. The van der Waals surface area contributed by atoms with Gasteiger partial charge >= 0.3 is 5.97 Å². The van der Waals surface area contributed by atoms with Crippen LogP contribution in [0.15, 0.2) is 12.1 Å². The number of ether oxygens (including phenoxy) is 2. The van der Waals surface area contributed by atoms with Crippen molar-refractivity contribution in [2.75, 3.05) is 14.2 Å². The third-order valence-corrected chi connectivity index (χ3v) is 3.18. The number of hydrogen-bond acceptors (Lipinski definition) is 4. The number of hydrogen-bond donors (Lipinski definition) is 1. The molecule has 18 heavy (non-hydrogen) atoms. The predicted octanol–water partition coefficient (Wildman–Crippen LogP) is 2.24. The van der Waals surface area contributed by atoms with Gasteiger partial charge < -0.3 is 14.5 Å². The average Bonchev–Trinajstić information content (AvgIpc) is 3.16. The summed E-state index contributed by atoms with van der Waals surface area (Å²) in [4.78, 5) is 19.4. The summed E-state index contributed by atoms with van der Waals surface area (Å²) in [5.74, 6) is 1.72. The van der Waals surface area contributed by atoms with E-state index in [4.69, 9.17) is 9.47 Å². The third-order valence-electron chi connectivity index (χ3n) is 3.18. The Morgan fingerprint density at radius 3 is 2.78 bits per heavy atom. The maximum absolute atomic E-state index is 11.6. The Bertz CT molecular complexity index is 614. The molecule has 1 heterocycles. The van der Waals surface area contributed by atoms with Crippen LogP contribution in [0, 0.1) is 0 Å². The first-order chi connectivity index (χ1) is 8.72. The Morgan fingerprint density at radius 1 is 1.39 bits per heavy atom. The molecule has 1 aromatic carbocycles. The van der Waals surface area contributed by atoms with Crippen molar-refractivity contribution in [3.8, 4) is 5.75 Å². The molecule has 0 amide bonds. The van der Waals surface area contributed by atoms with Crippen LogP contribution in [0.5, 0.6) is 5.75 Å². The van der Waals surface area contributed by atoms with E-state index in [0.29, 0.717) is 17.2 Å². The van der Waals surface area contributed by atoms with Gasteiger partial charge in [-0.25, -0.2) is 9.78 Å². The van der Waals surface area contributed by atoms with Crippen molar-refractivity contribution in [1.29, 1.82) is 0 Å². The molecule has 5 heteroatoms. The van der Waals surface area contributed by atoms with Crippen molar-refractivity contribution < 1.29 is 14.3 Å². The average molecular weight is 246 g/mol. The molecule has 94 valence electrons. The molecular formula is C13H14N2O3. The molecule has 0 spiro atoms. The summed E-state index contributed by atoms with van der Waals surface area (Å²) in [6.07, 6.45) is 2.35. The number of imidazole rings is 1. The fourth-order valence-corrected chi connectivity index (χ4v) is 2.05. The number of carbonyl (C=O) groups is 1. The van der Waals surface area contributed by atoms with Gasteiger partial charge in [0.05, 0.1) is 25.3 Å². The first-order valence-electron chi connectivity index (χ1n) is 5.89. The zero-order valence-electron chi connectivity index (χ0n) is 10.3. The van der Waals surface area contributed by atoms with Gasteiger partial charge in [-0.1, -0.05) is 0 Å². The van der Waals surface area contributed by atoms with Crippen LogP contribution < -0.4 is 4.74 Å². The number of aromatic amines is 1. The SMILES string of the molecule is COC(=O)c1cc(OC)c2nc(C3CC3)[nH]c2c1. The van der Waals surface area contributed by atoms with Gasteiger partial charge in [0.1, 0.15) is 17.1 Å². The highest BCUT2D eigenvalue weighted by Gasteiger charge is 2.27. The first kappa shape index (κ1) is 11.1. The maximum atomic E-state index is 11.6. The van der Waals surface area contributed by atoms with Crippen LogP contribution in [0.1, 0.15) is 34.9 Å². The Kier molecular flexibility index (Phi) is 2.47. The Hall–Kier alpha value is -2.04. The molecule has 5 nitrogen and oxygen atoms in total. The fraction of sp³-hybridized carbons (Fsp3) is 0.385. The number of carbonyl (C=O) groups excluding carboxylic acids is 1. The summed E-state index contributed by atoms with van der Waals surface area (Å²) in [6.45, 7) is 0. The largest absolute Gasteiger partial charge is 0.494 e. The number of nitrogens with zero attached hydrogens (tertiary/aromatic N) is 1.